The van der Waals surface area contributed by atoms with Gasteiger partial charge in [-0.3, -0.25) is 0 Å². The van der Waals surface area contributed by atoms with Crippen LogP contribution in [0, 0.1) is 5.82 Å². The molecule has 0 radical (unpaired) electrons. The lowest BCUT2D eigenvalue weighted by Gasteiger charge is -2.04. The molecule has 4 rings (SSSR count). The molecule has 0 fully saturated rings. The minimum Gasteiger partial charge on any atom is -0.361 e. The highest BCUT2D eigenvalue weighted by atomic mass is 19.1. The van der Waals surface area contributed by atoms with Crippen LogP contribution in [0.1, 0.15) is 5.56 Å². The molecule has 0 aliphatic carbocycles. The average molecular weight is 292 g/mol. The number of nitrogens with zero attached hydrogens (tertiary/aromatic N) is 3. The summed E-state index contributed by atoms with van der Waals surface area (Å²) in [6.45, 7) is 0.700. The Morgan fingerprint density at radius 1 is 1.05 bits per heavy atom. The zero-order chi connectivity index (χ0) is 14.9. The third-order valence-electron chi connectivity index (χ3n) is 3.77. The van der Waals surface area contributed by atoms with Gasteiger partial charge in [0.2, 0.25) is 0 Å². The van der Waals surface area contributed by atoms with Gasteiger partial charge in [-0.15, -0.1) is 10.2 Å². The van der Waals surface area contributed by atoms with Crippen molar-refractivity contribution >= 4 is 10.9 Å². The van der Waals surface area contributed by atoms with Gasteiger partial charge in [-0.25, -0.2) is 4.39 Å². The molecule has 1 N–H and O–H groups in total. The lowest BCUT2D eigenvalue weighted by Crippen LogP contribution is -1.95. The summed E-state index contributed by atoms with van der Waals surface area (Å²) in [6.07, 6.45) is 5.34. The maximum atomic E-state index is 13.9. The smallest absolute Gasteiger partial charge is 0.131 e. The number of halogens is 1. The van der Waals surface area contributed by atoms with Gasteiger partial charge < -0.3 is 9.55 Å². The van der Waals surface area contributed by atoms with Crippen molar-refractivity contribution in [1.29, 1.82) is 0 Å². The largest absolute Gasteiger partial charge is 0.361 e. The van der Waals surface area contributed by atoms with E-state index in [1.54, 1.807) is 24.8 Å². The fourth-order valence-electron chi connectivity index (χ4n) is 2.68. The summed E-state index contributed by atoms with van der Waals surface area (Å²) in [4.78, 5) is 3.25. The van der Waals surface area contributed by atoms with E-state index in [9.17, 15) is 4.39 Å². The fraction of sp³-hybridized carbons (Fsp3) is 0.0588. The van der Waals surface area contributed by atoms with Crippen molar-refractivity contribution in [2.24, 2.45) is 0 Å². The number of rotatable bonds is 3. The van der Waals surface area contributed by atoms with Crippen molar-refractivity contribution in [2.75, 3.05) is 0 Å². The first-order chi connectivity index (χ1) is 10.8. The standard InChI is InChI=1S/C17H13FN4/c18-16-4-2-1-3-14(16)12-5-6-15-13(8-19-17(15)7-12)9-22-10-20-21-11-22/h1-8,10-11,19H,9H2. The maximum Gasteiger partial charge on any atom is 0.131 e. The molecule has 0 aliphatic heterocycles. The molecule has 0 saturated carbocycles. The third kappa shape index (κ3) is 2.16. The summed E-state index contributed by atoms with van der Waals surface area (Å²) >= 11 is 0. The molecule has 2 heterocycles. The van der Waals surface area contributed by atoms with E-state index in [-0.39, 0.29) is 5.82 Å². The molecule has 0 atom stereocenters. The maximum absolute atomic E-state index is 13.9. The molecule has 0 aliphatic rings. The van der Waals surface area contributed by atoms with E-state index in [2.05, 4.69) is 15.2 Å². The Hall–Kier alpha value is -2.95. The van der Waals surface area contributed by atoms with Gasteiger partial charge in [0.1, 0.15) is 18.5 Å². The topological polar surface area (TPSA) is 46.5 Å². The van der Waals surface area contributed by atoms with Gasteiger partial charge in [-0.05, 0) is 23.3 Å². The van der Waals surface area contributed by atoms with Gasteiger partial charge in [0.25, 0.3) is 0 Å². The minimum atomic E-state index is -0.210. The van der Waals surface area contributed by atoms with Crippen molar-refractivity contribution in [3.63, 3.8) is 0 Å². The highest BCUT2D eigenvalue weighted by molar-refractivity contribution is 5.87. The van der Waals surface area contributed by atoms with Crippen LogP contribution in [0.5, 0.6) is 0 Å². The molecule has 0 bridgehead atoms. The number of fused-ring (bicyclic) bond motifs is 1. The Morgan fingerprint density at radius 3 is 2.68 bits per heavy atom. The summed E-state index contributed by atoms with van der Waals surface area (Å²) in [5.41, 5.74) is 3.61. The second-order valence-electron chi connectivity index (χ2n) is 5.19. The average Bonchev–Trinajstić information content (AvgIpc) is 3.18. The number of aromatic amines is 1. The van der Waals surface area contributed by atoms with Gasteiger partial charge in [0, 0.05) is 22.7 Å². The van der Waals surface area contributed by atoms with Crippen LogP contribution in [0.4, 0.5) is 4.39 Å². The number of nitrogens with one attached hydrogen (secondary N) is 1. The van der Waals surface area contributed by atoms with Crippen LogP contribution in [0.25, 0.3) is 22.0 Å². The predicted molar refractivity (Wildman–Crippen MR) is 82.8 cm³/mol. The van der Waals surface area contributed by atoms with E-state index < -0.39 is 0 Å². The van der Waals surface area contributed by atoms with Crippen molar-refractivity contribution in [2.45, 2.75) is 6.54 Å². The Kier molecular flexibility index (Phi) is 2.96. The highest BCUT2D eigenvalue weighted by Gasteiger charge is 2.08. The molecule has 108 valence electrons. The first-order valence-corrected chi connectivity index (χ1v) is 6.98. The van der Waals surface area contributed by atoms with Crippen LogP contribution >= 0.6 is 0 Å². The SMILES string of the molecule is Fc1ccccc1-c1ccc2c(Cn3cnnc3)c[nH]c2c1. The molecule has 22 heavy (non-hydrogen) atoms. The number of H-pyrrole nitrogens is 1. The summed E-state index contributed by atoms with van der Waals surface area (Å²) in [5.74, 6) is -0.210. The quantitative estimate of drug-likeness (QED) is 0.627. The van der Waals surface area contributed by atoms with Crippen molar-refractivity contribution in [3.8, 4) is 11.1 Å². The minimum absolute atomic E-state index is 0.210. The Labute approximate surface area is 126 Å². The summed E-state index contributed by atoms with van der Waals surface area (Å²) in [6, 6.07) is 12.8. The van der Waals surface area contributed by atoms with Crippen molar-refractivity contribution in [3.05, 3.63) is 72.7 Å². The van der Waals surface area contributed by atoms with Crippen LogP contribution < -0.4 is 0 Å². The lowest BCUT2D eigenvalue weighted by atomic mass is 10.0. The van der Waals surface area contributed by atoms with E-state index in [0.717, 1.165) is 22.0 Å². The molecule has 5 heteroatoms. The lowest BCUT2D eigenvalue weighted by molar-refractivity contribution is 0.631. The van der Waals surface area contributed by atoms with E-state index >= 15 is 0 Å². The zero-order valence-electron chi connectivity index (χ0n) is 11.7. The summed E-state index contributed by atoms with van der Waals surface area (Å²) in [5, 5.41) is 8.73. The molecule has 0 unspecified atom stereocenters. The number of hydrogen-bond donors (Lipinski definition) is 1. The second kappa shape index (κ2) is 5.11. The molecule has 4 nitrogen and oxygen atoms in total. The summed E-state index contributed by atoms with van der Waals surface area (Å²) < 4.78 is 15.8. The van der Waals surface area contributed by atoms with Gasteiger partial charge in [0.05, 0.1) is 6.54 Å². The van der Waals surface area contributed by atoms with E-state index in [4.69, 9.17) is 0 Å². The van der Waals surface area contributed by atoms with Crippen molar-refractivity contribution < 1.29 is 4.39 Å². The van der Waals surface area contributed by atoms with Crippen LogP contribution in [-0.4, -0.2) is 19.7 Å². The van der Waals surface area contributed by atoms with Crippen LogP contribution in [0.15, 0.2) is 61.3 Å². The normalized spacial score (nSPS) is 11.1. The molecule has 4 aromatic rings. The third-order valence-corrected chi connectivity index (χ3v) is 3.77. The van der Waals surface area contributed by atoms with E-state index in [1.165, 1.54) is 6.07 Å². The highest BCUT2D eigenvalue weighted by Crippen LogP contribution is 2.27. The zero-order valence-corrected chi connectivity index (χ0v) is 11.7. The molecule has 0 saturated heterocycles. The summed E-state index contributed by atoms with van der Waals surface area (Å²) in [7, 11) is 0. The Bertz CT molecular complexity index is 925. The predicted octanol–water partition coefficient (Wildman–Crippen LogP) is 3.61. The Morgan fingerprint density at radius 2 is 1.86 bits per heavy atom. The number of hydrogen-bond acceptors (Lipinski definition) is 2. The Balaban J connectivity index is 1.75. The molecule has 2 aromatic heterocycles. The number of benzene rings is 2. The van der Waals surface area contributed by atoms with Gasteiger partial charge in [-0.2, -0.15) is 0 Å². The van der Waals surface area contributed by atoms with Gasteiger partial charge >= 0.3 is 0 Å². The monoisotopic (exact) mass is 292 g/mol. The first-order valence-electron chi connectivity index (χ1n) is 6.98. The van der Waals surface area contributed by atoms with Crippen molar-refractivity contribution in [1.82, 2.24) is 19.7 Å². The fourth-order valence-corrected chi connectivity index (χ4v) is 2.68. The van der Waals surface area contributed by atoms with E-state index in [1.807, 2.05) is 35.0 Å². The molecular formula is C17H13FN4. The molecular weight excluding hydrogens is 279 g/mol. The van der Waals surface area contributed by atoms with Gasteiger partial charge in [0.15, 0.2) is 0 Å². The van der Waals surface area contributed by atoms with E-state index in [0.29, 0.717) is 12.1 Å². The van der Waals surface area contributed by atoms with Gasteiger partial charge in [-0.1, -0.05) is 30.3 Å². The first kappa shape index (κ1) is 12.8. The second-order valence-corrected chi connectivity index (χ2v) is 5.19. The van der Waals surface area contributed by atoms with Crippen LogP contribution in [0.2, 0.25) is 0 Å². The molecule has 0 amide bonds. The molecule has 2 aromatic carbocycles. The molecule has 0 spiro atoms. The number of aromatic nitrogens is 4. The van der Waals surface area contributed by atoms with Crippen LogP contribution in [-0.2, 0) is 6.54 Å². The van der Waals surface area contributed by atoms with Crippen LogP contribution in [0.3, 0.4) is 0 Å².